The Morgan fingerprint density at radius 1 is 1.44 bits per heavy atom. The summed E-state index contributed by atoms with van der Waals surface area (Å²) in [7, 11) is 0. The molecule has 1 atom stereocenters. The molecule has 0 bridgehead atoms. The second-order valence-electron chi connectivity index (χ2n) is 5.91. The van der Waals surface area contributed by atoms with Crippen LogP contribution in [0.5, 0.6) is 0 Å². The van der Waals surface area contributed by atoms with Gasteiger partial charge >= 0.3 is 0 Å². The molecule has 1 unspecified atom stereocenters. The van der Waals surface area contributed by atoms with Crippen LogP contribution in [0.2, 0.25) is 0 Å². The number of hydrogen-bond donors (Lipinski definition) is 1. The number of hydrogen-bond acceptors (Lipinski definition) is 2. The van der Waals surface area contributed by atoms with Crippen molar-refractivity contribution in [2.75, 3.05) is 13.1 Å². The van der Waals surface area contributed by atoms with Gasteiger partial charge in [0.15, 0.2) is 0 Å². The molecule has 16 heavy (non-hydrogen) atoms. The largest absolute Gasteiger partial charge is 0.343 e. The van der Waals surface area contributed by atoms with Crippen LogP contribution in [0.1, 0.15) is 52.9 Å². The Morgan fingerprint density at radius 2 is 2.12 bits per heavy atom. The average Bonchev–Trinajstić information content (AvgIpc) is 2.30. The Morgan fingerprint density at radius 3 is 2.75 bits per heavy atom. The summed E-state index contributed by atoms with van der Waals surface area (Å²) in [5.41, 5.74) is 6.04. The van der Waals surface area contributed by atoms with Crippen LogP contribution < -0.4 is 5.73 Å². The van der Waals surface area contributed by atoms with E-state index in [0.29, 0.717) is 17.7 Å². The van der Waals surface area contributed by atoms with Crippen molar-refractivity contribution in [2.45, 2.75) is 58.9 Å². The Bertz CT molecular complexity index is 236. The van der Waals surface area contributed by atoms with E-state index in [9.17, 15) is 4.79 Å². The van der Waals surface area contributed by atoms with E-state index in [4.69, 9.17) is 5.73 Å². The first-order chi connectivity index (χ1) is 7.41. The minimum atomic E-state index is 0.249. The van der Waals surface area contributed by atoms with Gasteiger partial charge in [-0.1, -0.05) is 13.8 Å². The average molecular weight is 226 g/mol. The van der Waals surface area contributed by atoms with Gasteiger partial charge in [0.05, 0.1) is 0 Å². The molecule has 0 spiro atoms. The van der Waals surface area contributed by atoms with Crippen molar-refractivity contribution in [2.24, 2.45) is 11.1 Å². The molecule has 1 rings (SSSR count). The first-order valence-electron chi connectivity index (χ1n) is 6.44. The topological polar surface area (TPSA) is 46.3 Å². The van der Waals surface area contributed by atoms with Gasteiger partial charge in [-0.05, 0) is 38.0 Å². The third-order valence-corrected chi connectivity index (χ3v) is 3.51. The Balaban J connectivity index is 2.38. The van der Waals surface area contributed by atoms with Crippen LogP contribution in [0.3, 0.4) is 0 Å². The quantitative estimate of drug-likeness (QED) is 0.798. The molecule has 0 radical (unpaired) electrons. The Kier molecular flexibility index (Phi) is 4.78. The maximum absolute atomic E-state index is 11.9. The summed E-state index contributed by atoms with van der Waals surface area (Å²) in [6, 6.07) is 0.249. The highest BCUT2D eigenvalue weighted by molar-refractivity contribution is 5.76. The zero-order chi connectivity index (χ0) is 12.2. The van der Waals surface area contributed by atoms with E-state index in [1.165, 1.54) is 0 Å². The third-order valence-electron chi connectivity index (χ3n) is 3.51. The van der Waals surface area contributed by atoms with Crippen LogP contribution in [-0.2, 0) is 4.79 Å². The Hall–Kier alpha value is -0.570. The molecule has 1 amide bonds. The molecule has 1 fully saturated rings. The lowest BCUT2D eigenvalue weighted by Gasteiger charge is -2.23. The van der Waals surface area contributed by atoms with Gasteiger partial charge in [0.1, 0.15) is 0 Å². The van der Waals surface area contributed by atoms with Gasteiger partial charge < -0.3 is 10.6 Å². The predicted molar refractivity (Wildman–Crippen MR) is 67.1 cm³/mol. The summed E-state index contributed by atoms with van der Waals surface area (Å²) in [5, 5.41) is 0. The fraction of sp³-hybridized carbons (Fsp3) is 0.923. The SMILES string of the molecule is CC(N)CCCN1CCC(C)(C)CCC1=O. The summed E-state index contributed by atoms with van der Waals surface area (Å²) < 4.78 is 0. The van der Waals surface area contributed by atoms with Crippen molar-refractivity contribution in [1.29, 1.82) is 0 Å². The van der Waals surface area contributed by atoms with Crippen LogP contribution in [-0.4, -0.2) is 29.9 Å². The fourth-order valence-electron chi connectivity index (χ4n) is 2.13. The monoisotopic (exact) mass is 226 g/mol. The molecular weight excluding hydrogens is 200 g/mol. The van der Waals surface area contributed by atoms with E-state index in [2.05, 4.69) is 13.8 Å². The second kappa shape index (κ2) is 5.67. The first kappa shape index (κ1) is 13.5. The van der Waals surface area contributed by atoms with Crippen LogP contribution in [0, 0.1) is 5.41 Å². The number of nitrogens with two attached hydrogens (primary N) is 1. The molecule has 2 N–H and O–H groups in total. The summed E-state index contributed by atoms with van der Waals surface area (Å²) in [6.07, 6.45) is 4.90. The molecule has 94 valence electrons. The molecule has 0 saturated carbocycles. The predicted octanol–water partition coefficient (Wildman–Crippen LogP) is 2.15. The molecule has 0 aromatic carbocycles. The van der Waals surface area contributed by atoms with E-state index in [0.717, 1.165) is 38.8 Å². The molecule has 0 aromatic heterocycles. The van der Waals surface area contributed by atoms with E-state index in [1.54, 1.807) is 0 Å². The number of nitrogens with zero attached hydrogens (tertiary/aromatic N) is 1. The minimum absolute atomic E-state index is 0.249. The number of likely N-dealkylation sites (tertiary alicyclic amines) is 1. The number of rotatable bonds is 4. The lowest BCUT2D eigenvalue weighted by molar-refractivity contribution is -0.130. The maximum atomic E-state index is 11.9. The molecule has 1 aliphatic heterocycles. The molecule has 3 heteroatoms. The van der Waals surface area contributed by atoms with Crippen molar-refractivity contribution in [3.63, 3.8) is 0 Å². The molecule has 0 aromatic rings. The fourth-order valence-corrected chi connectivity index (χ4v) is 2.13. The third kappa shape index (κ3) is 4.52. The highest BCUT2D eigenvalue weighted by Gasteiger charge is 2.26. The Labute approximate surface area is 99.4 Å². The van der Waals surface area contributed by atoms with Gasteiger partial charge in [-0.2, -0.15) is 0 Å². The van der Waals surface area contributed by atoms with E-state index in [1.807, 2.05) is 11.8 Å². The summed E-state index contributed by atoms with van der Waals surface area (Å²) in [6.45, 7) is 8.34. The van der Waals surface area contributed by atoms with Crippen LogP contribution >= 0.6 is 0 Å². The van der Waals surface area contributed by atoms with Gasteiger partial charge in [0, 0.05) is 25.6 Å². The van der Waals surface area contributed by atoms with E-state index < -0.39 is 0 Å². The van der Waals surface area contributed by atoms with Gasteiger partial charge in [-0.25, -0.2) is 0 Å². The molecule has 3 nitrogen and oxygen atoms in total. The summed E-state index contributed by atoms with van der Waals surface area (Å²) >= 11 is 0. The van der Waals surface area contributed by atoms with Crippen molar-refractivity contribution in [3.8, 4) is 0 Å². The zero-order valence-corrected chi connectivity index (χ0v) is 11.0. The second-order valence-corrected chi connectivity index (χ2v) is 5.91. The molecule has 0 aliphatic carbocycles. The van der Waals surface area contributed by atoms with Crippen LogP contribution in [0.4, 0.5) is 0 Å². The molecule has 1 aliphatic rings. The summed E-state index contributed by atoms with van der Waals surface area (Å²) in [5.74, 6) is 0.329. The number of carbonyl (C=O) groups excluding carboxylic acids is 1. The lowest BCUT2D eigenvalue weighted by atomic mass is 9.85. The summed E-state index contributed by atoms with van der Waals surface area (Å²) in [4.78, 5) is 13.9. The minimum Gasteiger partial charge on any atom is -0.343 e. The highest BCUT2D eigenvalue weighted by atomic mass is 16.2. The van der Waals surface area contributed by atoms with Gasteiger partial charge in [-0.3, -0.25) is 4.79 Å². The molecule has 1 heterocycles. The van der Waals surface area contributed by atoms with Gasteiger partial charge in [0.2, 0.25) is 5.91 Å². The van der Waals surface area contributed by atoms with Gasteiger partial charge in [0.25, 0.3) is 0 Å². The van der Waals surface area contributed by atoms with Gasteiger partial charge in [-0.15, -0.1) is 0 Å². The van der Waals surface area contributed by atoms with Crippen molar-refractivity contribution >= 4 is 5.91 Å². The number of amides is 1. The van der Waals surface area contributed by atoms with Crippen molar-refractivity contribution in [1.82, 2.24) is 4.90 Å². The lowest BCUT2D eigenvalue weighted by Crippen LogP contribution is -2.32. The normalized spacial score (nSPS) is 23.0. The van der Waals surface area contributed by atoms with Crippen molar-refractivity contribution < 1.29 is 4.79 Å². The highest BCUT2D eigenvalue weighted by Crippen LogP contribution is 2.30. The van der Waals surface area contributed by atoms with Crippen LogP contribution in [0.25, 0.3) is 0 Å². The molecule has 1 saturated heterocycles. The maximum Gasteiger partial charge on any atom is 0.222 e. The smallest absolute Gasteiger partial charge is 0.222 e. The standard InChI is InChI=1S/C13H26N2O/c1-11(14)5-4-9-15-10-8-13(2,3)7-6-12(15)16/h11H,4-10,14H2,1-3H3. The first-order valence-corrected chi connectivity index (χ1v) is 6.44. The molecular formula is C13H26N2O. The zero-order valence-electron chi connectivity index (χ0n) is 11.0. The number of carbonyl (C=O) groups is 1. The van der Waals surface area contributed by atoms with Crippen LogP contribution in [0.15, 0.2) is 0 Å². The van der Waals surface area contributed by atoms with Crippen molar-refractivity contribution in [3.05, 3.63) is 0 Å². The van der Waals surface area contributed by atoms with E-state index in [-0.39, 0.29) is 6.04 Å². The van der Waals surface area contributed by atoms with E-state index >= 15 is 0 Å².